The fourth-order valence-electron chi connectivity index (χ4n) is 3.32. The number of methoxy groups -OCH3 is 1. The smallest absolute Gasteiger partial charge is 0.324 e. The zero-order valence-electron chi connectivity index (χ0n) is 16.4. The maximum Gasteiger partial charge on any atom is 0.324 e. The molecule has 3 rings (SSSR count). The van der Waals surface area contributed by atoms with Crippen LogP contribution in [-0.4, -0.2) is 43.6 Å². The lowest BCUT2D eigenvalue weighted by molar-refractivity contribution is -0.119. The van der Waals surface area contributed by atoms with Crippen LogP contribution in [-0.2, 0) is 16.1 Å². The SMILES string of the molecule is COCC(=O)Nc1cc(C)ccc1N1CCCN(Cc2cc(F)ccc2Cl)C1=O. The first-order valence-corrected chi connectivity index (χ1v) is 9.66. The van der Waals surface area contributed by atoms with E-state index in [1.165, 1.54) is 25.3 Å². The molecule has 1 fully saturated rings. The van der Waals surface area contributed by atoms with Gasteiger partial charge in [-0.3, -0.25) is 9.69 Å². The van der Waals surface area contributed by atoms with Crippen LogP contribution in [0.4, 0.5) is 20.6 Å². The Kier molecular flexibility index (Phi) is 6.71. The fraction of sp³-hybridized carbons (Fsp3) is 0.333. The Morgan fingerprint density at radius 1 is 1.24 bits per heavy atom. The molecule has 0 radical (unpaired) electrons. The van der Waals surface area contributed by atoms with Crippen LogP contribution in [0.2, 0.25) is 5.02 Å². The van der Waals surface area contributed by atoms with Gasteiger partial charge in [-0.2, -0.15) is 0 Å². The van der Waals surface area contributed by atoms with E-state index >= 15 is 0 Å². The summed E-state index contributed by atoms with van der Waals surface area (Å²) in [7, 11) is 1.44. The first-order chi connectivity index (χ1) is 13.9. The van der Waals surface area contributed by atoms with Crippen LogP contribution in [0.1, 0.15) is 17.5 Å². The summed E-state index contributed by atoms with van der Waals surface area (Å²) < 4.78 is 18.5. The summed E-state index contributed by atoms with van der Waals surface area (Å²) in [6.45, 7) is 3.10. The molecule has 1 aliphatic heterocycles. The molecule has 6 nitrogen and oxygen atoms in total. The van der Waals surface area contributed by atoms with Crippen LogP contribution < -0.4 is 10.2 Å². The van der Waals surface area contributed by atoms with Gasteiger partial charge in [0.1, 0.15) is 12.4 Å². The Morgan fingerprint density at radius 3 is 2.79 bits per heavy atom. The average Bonchev–Trinajstić information content (AvgIpc) is 2.67. The number of nitrogens with zero attached hydrogens (tertiary/aromatic N) is 2. The molecule has 154 valence electrons. The van der Waals surface area contributed by atoms with Gasteiger partial charge < -0.3 is 15.0 Å². The summed E-state index contributed by atoms with van der Waals surface area (Å²) in [5.41, 5.74) is 2.67. The number of nitrogens with one attached hydrogen (secondary N) is 1. The number of urea groups is 1. The van der Waals surface area contributed by atoms with Gasteiger partial charge in [-0.05, 0) is 54.8 Å². The van der Waals surface area contributed by atoms with Gasteiger partial charge >= 0.3 is 6.03 Å². The minimum Gasteiger partial charge on any atom is -0.375 e. The molecule has 2 aromatic rings. The molecule has 0 spiro atoms. The molecule has 1 heterocycles. The summed E-state index contributed by atoms with van der Waals surface area (Å²) >= 11 is 6.17. The highest BCUT2D eigenvalue weighted by Crippen LogP contribution is 2.31. The van der Waals surface area contributed by atoms with Crippen molar-refractivity contribution in [2.24, 2.45) is 0 Å². The normalized spacial score (nSPS) is 14.3. The van der Waals surface area contributed by atoms with Gasteiger partial charge in [0.25, 0.3) is 0 Å². The molecule has 8 heteroatoms. The van der Waals surface area contributed by atoms with Crippen molar-refractivity contribution in [1.82, 2.24) is 4.90 Å². The van der Waals surface area contributed by atoms with Gasteiger partial charge in [0.2, 0.25) is 5.91 Å². The monoisotopic (exact) mass is 419 g/mol. The summed E-state index contributed by atoms with van der Waals surface area (Å²) in [6.07, 6.45) is 0.734. The molecule has 0 unspecified atom stereocenters. The molecule has 3 amide bonds. The molecule has 1 N–H and O–H groups in total. The lowest BCUT2D eigenvalue weighted by Crippen LogP contribution is -2.49. The lowest BCUT2D eigenvalue weighted by Gasteiger charge is -2.36. The zero-order valence-corrected chi connectivity index (χ0v) is 17.1. The van der Waals surface area contributed by atoms with E-state index in [1.54, 1.807) is 9.80 Å². The van der Waals surface area contributed by atoms with Crippen LogP contribution >= 0.6 is 11.6 Å². The predicted octanol–water partition coefficient (Wildman–Crippen LogP) is 4.20. The molecule has 0 saturated carbocycles. The van der Waals surface area contributed by atoms with Crippen molar-refractivity contribution in [3.8, 4) is 0 Å². The van der Waals surface area contributed by atoms with E-state index in [0.29, 0.717) is 35.1 Å². The van der Waals surface area contributed by atoms with E-state index in [0.717, 1.165) is 12.0 Å². The highest BCUT2D eigenvalue weighted by atomic mass is 35.5. The van der Waals surface area contributed by atoms with E-state index in [9.17, 15) is 14.0 Å². The molecule has 1 aliphatic rings. The first kappa shape index (κ1) is 21.1. The Balaban J connectivity index is 1.85. The highest BCUT2D eigenvalue weighted by Gasteiger charge is 2.29. The van der Waals surface area contributed by atoms with Crippen molar-refractivity contribution in [3.63, 3.8) is 0 Å². The molecule has 1 saturated heterocycles. The maximum atomic E-state index is 13.6. The molecule has 29 heavy (non-hydrogen) atoms. The number of carbonyl (C=O) groups excluding carboxylic acids is 2. The van der Waals surface area contributed by atoms with Crippen LogP contribution in [0.5, 0.6) is 0 Å². The fourth-order valence-corrected chi connectivity index (χ4v) is 3.50. The first-order valence-electron chi connectivity index (χ1n) is 9.29. The van der Waals surface area contributed by atoms with Crippen LogP contribution in [0, 0.1) is 12.7 Å². The standard InChI is InChI=1S/C21H23ClFN3O3/c1-14-4-7-19(18(10-14)24-20(27)13-29-2)26-9-3-8-25(21(26)28)12-15-11-16(23)5-6-17(15)22/h4-7,10-11H,3,8-9,12-13H2,1-2H3,(H,24,27). The maximum absolute atomic E-state index is 13.6. The topological polar surface area (TPSA) is 61.9 Å². The summed E-state index contributed by atoms with van der Waals surface area (Å²) in [6, 6.07) is 9.42. The Bertz CT molecular complexity index is 922. The van der Waals surface area contributed by atoms with Gasteiger partial charge in [0.15, 0.2) is 0 Å². The molecule has 0 atom stereocenters. The second kappa shape index (κ2) is 9.24. The van der Waals surface area contributed by atoms with Crippen LogP contribution in [0.25, 0.3) is 0 Å². The second-order valence-corrected chi connectivity index (χ2v) is 7.35. The largest absolute Gasteiger partial charge is 0.375 e. The quantitative estimate of drug-likeness (QED) is 0.763. The number of ether oxygens (including phenoxy) is 1. The third-order valence-corrected chi connectivity index (χ3v) is 5.04. The molecule has 0 aromatic heterocycles. The van der Waals surface area contributed by atoms with E-state index in [-0.39, 0.29) is 25.1 Å². The summed E-state index contributed by atoms with van der Waals surface area (Å²) in [5, 5.41) is 3.22. The minimum absolute atomic E-state index is 0.0779. The molecule has 0 aliphatic carbocycles. The lowest BCUT2D eigenvalue weighted by atomic mass is 10.1. The Hall–Kier alpha value is -2.64. The van der Waals surface area contributed by atoms with E-state index < -0.39 is 5.82 Å². The minimum atomic E-state index is -0.396. The van der Waals surface area contributed by atoms with Crippen molar-refractivity contribution in [2.45, 2.75) is 19.9 Å². The number of hydrogen-bond donors (Lipinski definition) is 1. The zero-order chi connectivity index (χ0) is 21.0. The summed E-state index contributed by atoms with van der Waals surface area (Å²) in [5.74, 6) is -0.695. The summed E-state index contributed by atoms with van der Waals surface area (Å²) in [4.78, 5) is 28.4. The van der Waals surface area contributed by atoms with Crippen molar-refractivity contribution in [3.05, 3.63) is 58.4 Å². The van der Waals surface area contributed by atoms with Crippen molar-refractivity contribution >= 4 is 34.9 Å². The van der Waals surface area contributed by atoms with Crippen LogP contribution in [0.15, 0.2) is 36.4 Å². The third-order valence-electron chi connectivity index (χ3n) is 4.67. The second-order valence-electron chi connectivity index (χ2n) is 6.95. The highest BCUT2D eigenvalue weighted by molar-refractivity contribution is 6.31. The van der Waals surface area contributed by atoms with Gasteiger partial charge in [-0.1, -0.05) is 17.7 Å². The van der Waals surface area contributed by atoms with E-state index in [1.807, 2.05) is 25.1 Å². The number of rotatable bonds is 6. The van der Waals surface area contributed by atoms with Crippen molar-refractivity contribution in [1.29, 1.82) is 0 Å². The van der Waals surface area contributed by atoms with Gasteiger partial charge in [-0.25, -0.2) is 9.18 Å². The molecular formula is C21H23ClFN3O3. The number of halogens is 2. The number of amides is 3. The number of aryl methyl sites for hydroxylation is 1. The third kappa shape index (κ3) is 5.05. The van der Waals surface area contributed by atoms with Gasteiger partial charge in [-0.15, -0.1) is 0 Å². The average molecular weight is 420 g/mol. The van der Waals surface area contributed by atoms with Crippen molar-refractivity contribution in [2.75, 3.05) is 37.0 Å². The van der Waals surface area contributed by atoms with Gasteiger partial charge in [0, 0.05) is 31.8 Å². The van der Waals surface area contributed by atoms with Crippen LogP contribution in [0.3, 0.4) is 0 Å². The Labute approximate surface area is 174 Å². The molecule has 0 bridgehead atoms. The van der Waals surface area contributed by atoms with Gasteiger partial charge in [0.05, 0.1) is 11.4 Å². The van der Waals surface area contributed by atoms with E-state index in [4.69, 9.17) is 16.3 Å². The number of benzene rings is 2. The van der Waals surface area contributed by atoms with Crippen molar-refractivity contribution < 1.29 is 18.7 Å². The number of carbonyl (C=O) groups is 2. The number of hydrogen-bond acceptors (Lipinski definition) is 3. The predicted molar refractivity (Wildman–Crippen MR) is 111 cm³/mol. The number of anilines is 2. The Morgan fingerprint density at radius 2 is 2.03 bits per heavy atom. The molecular weight excluding hydrogens is 397 g/mol. The molecule has 2 aromatic carbocycles. The van der Waals surface area contributed by atoms with E-state index in [2.05, 4.69) is 5.32 Å².